The molecule has 33 heavy (non-hydrogen) atoms. The number of allylic oxidation sites excluding steroid dienone is 2. The minimum absolute atomic E-state index is 0.353. The highest BCUT2D eigenvalue weighted by atomic mass is 32.2. The summed E-state index contributed by atoms with van der Waals surface area (Å²) in [7, 11) is 2.18. The lowest BCUT2D eigenvalue weighted by atomic mass is 10.0. The van der Waals surface area contributed by atoms with Crippen LogP contribution >= 0.6 is 11.9 Å². The van der Waals surface area contributed by atoms with Crippen LogP contribution in [0.3, 0.4) is 0 Å². The Hall–Kier alpha value is -2.81. The van der Waals surface area contributed by atoms with Crippen molar-refractivity contribution in [1.82, 2.24) is 4.98 Å². The average Bonchev–Trinajstić information content (AvgIpc) is 3.17. The molecule has 3 aromatic rings. The Bertz CT molecular complexity index is 1140. The molecular formula is C25H32N4O2S2. The Labute approximate surface area is 203 Å². The average molecular weight is 485 g/mol. The van der Waals surface area contributed by atoms with Crippen molar-refractivity contribution in [2.75, 3.05) is 30.9 Å². The zero-order chi connectivity index (χ0) is 24.4. The summed E-state index contributed by atoms with van der Waals surface area (Å²) < 4.78 is 19.5. The molecule has 0 aliphatic rings. The summed E-state index contributed by atoms with van der Waals surface area (Å²) >= 11 is 1.40. The molecule has 0 fully saturated rings. The molecule has 1 aromatic heterocycles. The minimum Gasteiger partial charge on any atom is -0.398 e. The summed E-state index contributed by atoms with van der Waals surface area (Å²) in [6.07, 6.45) is 6.58. The lowest BCUT2D eigenvalue weighted by Gasteiger charge is -2.12. The second kappa shape index (κ2) is 13.0. The molecule has 0 saturated heterocycles. The number of benzene rings is 2. The van der Waals surface area contributed by atoms with E-state index in [0.717, 1.165) is 38.9 Å². The highest BCUT2D eigenvalue weighted by Crippen LogP contribution is 2.29. The molecule has 176 valence electrons. The Balaban J connectivity index is 0.00000122. The fourth-order valence-corrected chi connectivity index (χ4v) is 4.82. The molecule has 1 atom stereocenters. The molecule has 0 radical (unpaired) electrons. The molecular weight excluding hydrogens is 452 g/mol. The number of aryl methyl sites for hydroxylation is 1. The maximum atomic E-state index is 11.9. The van der Waals surface area contributed by atoms with E-state index in [-0.39, 0.29) is 0 Å². The van der Waals surface area contributed by atoms with Gasteiger partial charge in [-0.25, -0.2) is 0 Å². The zero-order valence-corrected chi connectivity index (χ0v) is 21.3. The highest BCUT2D eigenvalue weighted by molar-refractivity contribution is 8.01. The Morgan fingerprint density at radius 1 is 1.24 bits per heavy atom. The van der Waals surface area contributed by atoms with E-state index < -0.39 is 10.8 Å². The normalized spacial score (nSPS) is 11.7. The maximum absolute atomic E-state index is 11.9. The molecule has 0 aliphatic carbocycles. The van der Waals surface area contributed by atoms with Crippen LogP contribution in [0.4, 0.5) is 11.4 Å². The largest absolute Gasteiger partial charge is 0.398 e. The van der Waals surface area contributed by atoms with E-state index in [4.69, 9.17) is 11.1 Å². The third-order valence-corrected chi connectivity index (χ3v) is 6.73. The van der Waals surface area contributed by atoms with Crippen LogP contribution in [0.15, 0.2) is 70.5 Å². The Kier molecular flexibility index (Phi) is 10.4. The molecule has 0 bridgehead atoms. The van der Waals surface area contributed by atoms with E-state index in [0.29, 0.717) is 17.0 Å². The van der Waals surface area contributed by atoms with Crippen LogP contribution in [0, 0.1) is 12.3 Å². The predicted octanol–water partition coefficient (Wildman–Crippen LogP) is 5.56. The van der Waals surface area contributed by atoms with E-state index in [2.05, 4.69) is 20.5 Å². The fraction of sp³-hybridized carbons (Fsp3) is 0.240. The van der Waals surface area contributed by atoms with Crippen molar-refractivity contribution in [3.05, 3.63) is 83.2 Å². The van der Waals surface area contributed by atoms with Gasteiger partial charge in [-0.3, -0.25) is 9.62 Å². The van der Waals surface area contributed by atoms with Gasteiger partial charge in [0, 0.05) is 54.4 Å². The monoisotopic (exact) mass is 484 g/mol. The predicted molar refractivity (Wildman–Crippen MR) is 142 cm³/mol. The molecule has 2 aromatic carbocycles. The molecule has 5 N–H and O–H groups in total. The van der Waals surface area contributed by atoms with Crippen LogP contribution in [-0.4, -0.2) is 35.4 Å². The number of rotatable bonds is 8. The van der Waals surface area contributed by atoms with Crippen molar-refractivity contribution in [1.29, 1.82) is 5.41 Å². The molecule has 0 aliphatic heterocycles. The highest BCUT2D eigenvalue weighted by Gasteiger charge is 2.14. The van der Waals surface area contributed by atoms with Crippen LogP contribution in [0.2, 0.25) is 0 Å². The summed E-state index contributed by atoms with van der Waals surface area (Å²) in [6, 6.07) is 15.1. The second-order valence-electron chi connectivity index (χ2n) is 7.31. The van der Waals surface area contributed by atoms with E-state index in [1.807, 2.05) is 62.4 Å². The van der Waals surface area contributed by atoms with E-state index >= 15 is 0 Å². The van der Waals surface area contributed by atoms with Crippen LogP contribution in [0.5, 0.6) is 0 Å². The van der Waals surface area contributed by atoms with Crippen molar-refractivity contribution in [3.63, 3.8) is 0 Å². The third kappa shape index (κ3) is 7.35. The van der Waals surface area contributed by atoms with Crippen LogP contribution in [0.25, 0.3) is 0 Å². The van der Waals surface area contributed by atoms with Gasteiger partial charge in [-0.15, -0.1) is 0 Å². The molecule has 0 amide bonds. The van der Waals surface area contributed by atoms with Gasteiger partial charge in [-0.1, -0.05) is 24.3 Å². The standard InChI is InChI=1S/C23H26N4OS2.C2H6O/c1-4-5-8-19-15(2)13-20(26-19)23(25)17-14-16(11-12-18(17)24)27-29-21-9-6-7-10-22(21)30(3)28;1-3-2/h4-7,9-14,25-27H,8,24H2,1-3H3;1-2H3/b5-4-,25-23?;. The lowest BCUT2D eigenvalue weighted by Crippen LogP contribution is -2.07. The quantitative estimate of drug-likeness (QED) is 0.145. The van der Waals surface area contributed by atoms with Gasteiger partial charge >= 0.3 is 0 Å². The summed E-state index contributed by atoms with van der Waals surface area (Å²) in [6.45, 7) is 4.04. The van der Waals surface area contributed by atoms with Crippen LogP contribution in [-0.2, 0) is 22.0 Å². The third-order valence-electron chi connectivity index (χ3n) is 4.71. The molecule has 1 unspecified atom stereocenters. The molecule has 1 heterocycles. The topological polar surface area (TPSA) is 104 Å². The number of aromatic amines is 1. The molecule has 0 spiro atoms. The first-order chi connectivity index (χ1) is 15.8. The first-order valence-corrected chi connectivity index (χ1v) is 12.7. The van der Waals surface area contributed by atoms with Gasteiger partial charge in [0.2, 0.25) is 0 Å². The summed E-state index contributed by atoms with van der Waals surface area (Å²) in [5, 5.41) is 8.68. The van der Waals surface area contributed by atoms with Crippen molar-refractivity contribution in [2.45, 2.75) is 30.1 Å². The first kappa shape index (κ1) is 26.4. The number of hydrogen-bond donors (Lipinski definition) is 4. The van der Waals surface area contributed by atoms with Gasteiger partial charge in [-0.2, -0.15) is 0 Å². The SMILES string of the molecule is C/C=C\Cc1[nH]c(C(=N)c2cc(NSc3ccccc3S(C)=O)ccc2N)cc1C.COC. The lowest BCUT2D eigenvalue weighted by molar-refractivity contribution is 0.277. The molecule has 8 heteroatoms. The van der Waals surface area contributed by atoms with Gasteiger partial charge in [0.1, 0.15) is 0 Å². The van der Waals surface area contributed by atoms with Gasteiger partial charge in [0.15, 0.2) is 0 Å². The Morgan fingerprint density at radius 3 is 2.61 bits per heavy atom. The van der Waals surface area contributed by atoms with E-state index in [1.54, 1.807) is 26.5 Å². The summed E-state index contributed by atoms with van der Waals surface area (Å²) in [5.74, 6) is 0. The summed E-state index contributed by atoms with van der Waals surface area (Å²) in [5.41, 5.74) is 11.5. The number of hydrogen-bond acceptors (Lipinski definition) is 6. The number of anilines is 2. The van der Waals surface area contributed by atoms with E-state index in [1.165, 1.54) is 11.9 Å². The number of ether oxygens (including phenoxy) is 1. The maximum Gasteiger partial charge on any atom is 0.0868 e. The Morgan fingerprint density at radius 2 is 1.94 bits per heavy atom. The fourth-order valence-electron chi connectivity index (χ4n) is 3.05. The summed E-state index contributed by atoms with van der Waals surface area (Å²) in [4.78, 5) is 5.04. The molecule has 3 rings (SSSR count). The number of methoxy groups -OCH3 is 1. The van der Waals surface area contributed by atoms with Crippen molar-refractivity contribution in [3.8, 4) is 0 Å². The first-order valence-electron chi connectivity index (χ1n) is 10.4. The van der Waals surface area contributed by atoms with Gasteiger partial charge in [-0.05, 0) is 67.8 Å². The smallest absolute Gasteiger partial charge is 0.0868 e. The van der Waals surface area contributed by atoms with Crippen molar-refractivity contribution >= 4 is 39.8 Å². The van der Waals surface area contributed by atoms with E-state index in [9.17, 15) is 4.21 Å². The zero-order valence-electron chi connectivity index (χ0n) is 19.7. The van der Waals surface area contributed by atoms with Crippen molar-refractivity contribution in [2.24, 2.45) is 0 Å². The number of nitrogen functional groups attached to an aromatic ring is 1. The molecule has 0 saturated carbocycles. The molecule has 6 nitrogen and oxygen atoms in total. The van der Waals surface area contributed by atoms with Gasteiger partial charge in [0.05, 0.1) is 27.1 Å². The van der Waals surface area contributed by atoms with Crippen molar-refractivity contribution < 1.29 is 8.95 Å². The number of nitrogens with one attached hydrogen (secondary N) is 3. The second-order valence-corrected chi connectivity index (χ2v) is 9.50. The number of aromatic nitrogens is 1. The number of H-pyrrole nitrogens is 1. The van der Waals surface area contributed by atoms with Crippen LogP contribution < -0.4 is 10.5 Å². The van der Waals surface area contributed by atoms with Gasteiger partial charge in [0.25, 0.3) is 0 Å². The minimum atomic E-state index is -1.07. The van der Waals surface area contributed by atoms with Crippen LogP contribution in [0.1, 0.15) is 29.4 Å². The van der Waals surface area contributed by atoms with Gasteiger partial charge < -0.3 is 20.2 Å². The number of nitrogens with two attached hydrogens (primary N) is 1.